The standard InChI is InChI=1S/C15H20ClNO3/c1-20-13-7-3-6-12(14(13)18)15(19)17-9-10-4-2-5-11(16)8-10/h3,6-7,10-11,18H,2,4-5,8-9H2,1H3,(H,17,19). The highest BCUT2D eigenvalue weighted by Gasteiger charge is 2.21. The molecule has 0 aliphatic heterocycles. The highest BCUT2D eigenvalue weighted by molar-refractivity contribution is 6.20. The first-order valence-electron chi connectivity index (χ1n) is 6.90. The average Bonchev–Trinajstić information content (AvgIpc) is 2.45. The Labute approximate surface area is 124 Å². The molecule has 2 rings (SSSR count). The Morgan fingerprint density at radius 1 is 1.50 bits per heavy atom. The van der Waals surface area contributed by atoms with Crippen LogP contribution in [-0.4, -0.2) is 30.0 Å². The van der Waals surface area contributed by atoms with E-state index in [0.29, 0.717) is 18.2 Å². The SMILES string of the molecule is COc1cccc(C(=O)NCC2CCCC(Cl)C2)c1O. The van der Waals surface area contributed by atoms with Crippen LogP contribution in [0.4, 0.5) is 0 Å². The molecule has 1 aliphatic carbocycles. The van der Waals surface area contributed by atoms with E-state index in [1.807, 2.05) is 0 Å². The van der Waals surface area contributed by atoms with E-state index in [0.717, 1.165) is 25.7 Å². The Morgan fingerprint density at radius 3 is 3.00 bits per heavy atom. The minimum Gasteiger partial charge on any atom is -0.504 e. The Kier molecular flexibility index (Phi) is 5.12. The number of carbonyl (C=O) groups excluding carboxylic acids is 1. The van der Waals surface area contributed by atoms with Crippen molar-refractivity contribution in [2.24, 2.45) is 5.92 Å². The number of aromatic hydroxyl groups is 1. The van der Waals surface area contributed by atoms with Crippen molar-refractivity contribution in [2.45, 2.75) is 31.1 Å². The number of methoxy groups -OCH3 is 1. The van der Waals surface area contributed by atoms with Crippen LogP contribution in [0.2, 0.25) is 0 Å². The summed E-state index contributed by atoms with van der Waals surface area (Å²) in [6.45, 7) is 0.596. The number of rotatable bonds is 4. The van der Waals surface area contributed by atoms with Gasteiger partial charge in [-0.05, 0) is 37.3 Å². The summed E-state index contributed by atoms with van der Waals surface area (Å²) in [4.78, 5) is 12.1. The van der Waals surface area contributed by atoms with Gasteiger partial charge in [0.05, 0.1) is 12.7 Å². The number of amides is 1. The fourth-order valence-electron chi connectivity index (χ4n) is 2.61. The third kappa shape index (κ3) is 3.57. The lowest BCUT2D eigenvalue weighted by molar-refractivity contribution is 0.0940. The van der Waals surface area contributed by atoms with E-state index in [4.69, 9.17) is 16.3 Å². The Morgan fingerprint density at radius 2 is 2.30 bits per heavy atom. The number of ether oxygens (including phenoxy) is 1. The van der Waals surface area contributed by atoms with Crippen molar-refractivity contribution >= 4 is 17.5 Å². The molecule has 1 aromatic carbocycles. The predicted molar refractivity (Wildman–Crippen MR) is 78.6 cm³/mol. The molecule has 5 heteroatoms. The highest BCUT2D eigenvalue weighted by atomic mass is 35.5. The van der Waals surface area contributed by atoms with Gasteiger partial charge in [0.2, 0.25) is 0 Å². The number of benzene rings is 1. The van der Waals surface area contributed by atoms with E-state index in [9.17, 15) is 9.90 Å². The summed E-state index contributed by atoms with van der Waals surface area (Å²) < 4.78 is 5.00. The molecular weight excluding hydrogens is 278 g/mol. The second-order valence-corrected chi connectivity index (χ2v) is 5.81. The molecule has 2 unspecified atom stereocenters. The number of halogens is 1. The zero-order valence-electron chi connectivity index (χ0n) is 11.6. The van der Waals surface area contributed by atoms with Crippen LogP contribution in [0.15, 0.2) is 18.2 Å². The van der Waals surface area contributed by atoms with Crippen molar-refractivity contribution in [1.82, 2.24) is 5.32 Å². The molecule has 2 atom stereocenters. The van der Waals surface area contributed by atoms with Crippen molar-refractivity contribution in [3.63, 3.8) is 0 Å². The van der Waals surface area contributed by atoms with Crippen LogP contribution >= 0.6 is 11.6 Å². The van der Waals surface area contributed by atoms with Gasteiger partial charge in [-0.1, -0.05) is 12.5 Å². The summed E-state index contributed by atoms with van der Waals surface area (Å²) in [6, 6.07) is 4.88. The molecule has 1 saturated carbocycles. The molecule has 0 radical (unpaired) electrons. The number of hydrogen-bond acceptors (Lipinski definition) is 3. The van der Waals surface area contributed by atoms with Crippen LogP contribution < -0.4 is 10.1 Å². The number of phenolic OH excluding ortho intramolecular Hbond substituents is 1. The molecule has 0 heterocycles. The third-order valence-electron chi connectivity index (χ3n) is 3.73. The van der Waals surface area contributed by atoms with Gasteiger partial charge in [0.1, 0.15) is 0 Å². The van der Waals surface area contributed by atoms with Gasteiger partial charge in [-0.3, -0.25) is 4.79 Å². The van der Waals surface area contributed by atoms with Crippen LogP contribution in [0, 0.1) is 5.92 Å². The Hall–Kier alpha value is -1.42. The third-order valence-corrected chi connectivity index (χ3v) is 4.13. The van der Waals surface area contributed by atoms with E-state index in [-0.39, 0.29) is 22.6 Å². The summed E-state index contributed by atoms with van der Waals surface area (Å²) in [5.41, 5.74) is 0.239. The van der Waals surface area contributed by atoms with E-state index in [1.165, 1.54) is 7.11 Å². The molecule has 1 amide bonds. The van der Waals surface area contributed by atoms with Crippen LogP contribution in [0.25, 0.3) is 0 Å². The van der Waals surface area contributed by atoms with Gasteiger partial charge in [-0.2, -0.15) is 0 Å². The predicted octanol–water partition coefficient (Wildman–Crippen LogP) is 2.93. The lowest BCUT2D eigenvalue weighted by Gasteiger charge is -2.25. The summed E-state index contributed by atoms with van der Waals surface area (Å²) >= 11 is 6.14. The average molecular weight is 298 g/mol. The summed E-state index contributed by atoms with van der Waals surface area (Å²) in [5.74, 6) is 0.323. The van der Waals surface area contributed by atoms with E-state index < -0.39 is 0 Å². The summed E-state index contributed by atoms with van der Waals surface area (Å²) in [6.07, 6.45) is 4.20. The monoisotopic (exact) mass is 297 g/mol. The number of hydrogen-bond donors (Lipinski definition) is 2. The summed E-state index contributed by atoms with van der Waals surface area (Å²) in [7, 11) is 1.46. The Balaban J connectivity index is 1.95. The van der Waals surface area contributed by atoms with Crippen LogP contribution in [0.5, 0.6) is 11.5 Å². The number of phenols is 1. The van der Waals surface area contributed by atoms with Crippen molar-refractivity contribution in [3.05, 3.63) is 23.8 Å². The minimum absolute atomic E-state index is 0.119. The van der Waals surface area contributed by atoms with Crippen LogP contribution in [0.1, 0.15) is 36.0 Å². The van der Waals surface area contributed by atoms with Gasteiger partial charge >= 0.3 is 0 Å². The van der Waals surface area contributed by atoms with Crippen molar-refractivity contribution in [1.29, 1.82) is 0 Å². The van der Waals surface area contributed by atoms with Crippen LogP contribution in [-0.2, 0) is 0 Å². The lowest BCUT2D eigenvalue weighted by Crippen LogP contribution is -2.32. The number of nitrogens with one attached hydrogen (secondary N) is 1. The van der Waals surface area contributed by atoms with Gasteiger partial charge in [0, 0.05) is 11.9 Å². The normalized spacial score (nSPS) is 22.3. The molecule has 0 saturated heterocycles. The van der Waals surface area contributed by atoms with Crippen molar-refractivity contribution in [3.8, 4) is 11.5 Å². The molecule has 0 spiro atoms. The highest BCUT2D eigenvalue weighted by Crippen LogP contribution is 2.30. The quantitative estimate of drug-likeness (QED) is 0.840. The Bertz CT molecular complexity index is 478. The van der Waals surface area contributed by atoms with Gasteiger partial charge < -0.3 is 15.2 Å². The largest absolute Gasteiger partial charge is 0.504 e. The summed E-state index contributed by atoms with van der Waals surface area (Å²) in [5, 5.41) is 13.0. The maximum absolute atomic E-state index is 12.1. The molecule has 0 bridgehead atoms. The second-order valence-electron chi connectivity index (χ2n) is 5.20. The van der Waals surface area contributed by atoms with Crippen molar-refractivity contribution in [2.75, 3.05) is 13.7 Å². The molecule has 1 fully saturated rings. The zero-order chi connectivity index (χ0) is 14.5. The molecule has 2 N–H and O–H groups in total. The first-order valence-corrected chi connectivity index (χ1v) is 7.33. The molecule has 1 aliphatic rings. The second kappa shape index (κ2) is 6.84. The molecule has 110 valence electrons. The van der Waals surface area contributed by atoms with Gasteiger partial charge in [0.25, 0.3) is 5.91 Å². The number of carbonyl (C=O) groups is 1. The topological polar surface area (TPSA) is 58.6 Å². The molecule has 1 aromatic rings. The molecule has 0 aromatic heterocycles. The fourth-order valence-corrected chi connectivity index (χ4v) is 3.02. The van der Waals surface area contributed by atoms with Crippen molar-refractivity contribution < 1.29 is 14.6 Å². The number of alkyl halides is 1. The molecule has 20 heavy (non-hydrogen) atoms. The van der Waals surface area contributed by atoms with Gasteiger partial charge in [-0.25, -0.2) is 0 Å². The smallest absolute Gasteiger partial charge is 0.255 e. The van der Waals surface area contributed by atoms with E-state index >= 15 is 0 Å². The lowest BCUT2D eigenvalue weighted by atomic mass is 9.89. The van der Waals surface area contributed by atoms with E-state index in [2.05, 4.69) is 5.32 Å². The fraction of sp³-hybridized carbons (Fsp3) is 0.533. The maximum Gasteiger partial charge on any atom is 0.255 e. The van der Waals surface area contributed by atoms with Gasteiger partial charge in [-0.15, -0.1) is 11.6 Å². The van der Waals surface area contributed by atoms with Crippen LogP contribution in [0.3, 0.4) is 0 Å². The number of para-hydroxylation sites is 1. The minimum atomic E-state index is -0.280. The molecule has 4 nitrogen and oxygen atoms in total. The van der Waals surface area contributed by atoms with E-state index in [1.54, 1.807) is 18.2 Å². The first kappa shape index (κ1) is 15.0. The maximum atomic E-state index is 12.1. The molecular formula is C15H20ClNO3. The zero-order valence-corrected chi connectivity index (χ0v) is 12.3. The first-order chi connectivity index (χ1) is 9.61. The van der Waals surface area contributed by atoms with Gasteiger partial charge in [0.15, 0.2) is 11.5 Å².